The van der Waals surface area contributed by atoms with Crippen LogP contribution in [0.3, 0.4) is 0 Å². The largest absolute Gasteiger partial charge is 0.399 e. The van der Waals surface area contributed by atoms with Crippen LogP contribution in [0.15, 0.2) is 42.6 Å². The summed E-state index contributed by atoms with van der Waals surface area (Å²) in [6.45, 7) is 2.66. The molecule has 1 fully saturated rings. The first-order valence-corrected chi connectivity index (χ1v) is 8.42. The van der Waals surface area contributed by atoms with Crippen LogP contribution in [0.4, 0.5) is 5.69 Å². The molecule has 0 bridgehead atoms. The van der Waals surface area contributed by atoms with Crippen molar-refractivity contribution in [1.82, 2.24) is 14.9 Å². The minimum absolute atomic E-state index is 0.154. The number of benzene rings is 1. The summed E-state index contributed by atoms with van der Waals surface area (Å²) in [6, 6.07) is 12.1. The Hall–Kier alpha value is -2.37. The Balaban J connectivity index is 1.76. The summed E-state index contributed by atoms with van der Waals surface area (Å²) in [5.41, 5.74) is 11.1. The summed E-state index contributed by atoms with van der Waals surface area (Å²) in [4.78, 5) is 10.3. The molecule has 5 heteroatoms. The zero-order valence-electron chi connectivity index (χ0n) is 13.6. The third kappa shape index (κ3) is 2.88. The van der Waals surface area contributed by atoms with Crippen LogP contribution in [0.25, 0.3) is 22.2 Å². The zero-order valence-corrected chi connectivity index (χ0v) is 13.6. The number of anilines is 1. The van der Waals surface area contributed by atoms with Gasteiger partial charge in [-0.15, -0.1) is 0 Å². The lowest BCUT2D eigenvalue weighted by Gasteiger charge is -2.29. The topological polar surface area (TPSA) is 78.2 Å². The van der Waals surface area contributed by atoms with E-state index in [1.807, 2.05) is 30.5 Å². The van der Waals surface area contributed by atoms with E-state index in [1.54, 1.807) is 0 Å². The average molecular weight is 322 g/mol. The molecule has 4 N–H and O–H groups in total. The van der Waals surface area contributed by atoms with Crippen molar-refractivity contribution in [2.75, 3.05) is 18.8 Å². The van der Waals surface area contributed by atoms with Crippen LogP contribution in [0, 0.1) is 0 Å². The van der Waals surface area contributed by atoms with Crippen LogP contribution >= 0.6 is 0 Å². The highest BCUT2D eigenvalue weighted by Crippen LogP contribution is 2.33. The number of nitrogens with zero attached hydrogens (tertiary/aromatic N) is 2. The fourth-order valence-electron chi connectivity index (χ4n) is 3.52. The molecule has 0 radical (unpaired) electrons. The molecule has 3 aromatic rings. The lowest BCUT2D eigenvalue weighted by molar-refractivity contribution is 0.0788. The third-order valence-corrected chi connectivity index (χ3v) is 4.76. The monoisotopic (exact) mass is 322 g/mol. The fraction of sp³-hybridized carbons (Fsp3) is 0.316. The molecule has 4 rings (SSSR count). The predicted octanol–water partition coefficient (Wildman–Crippen LogP) is 2.77. The maximum absolute atomic E-state index is 9.71. The number of nitrogens with two attached hydrogens (primary N) is 1. The van der Waals surface area contributed by atoms with Crippen LogP contribution in [0.5, 0.6) is 0 Å². The Morgan fingerprint density at radius 1 is 1.21 bits per heavy atom. The second-order valence-electron chi connectivity index (χ2n) is 6.51. The Morgan fingerprint density at radius 2 is 2.04 bits per heavy atom. The molecule has 0 atom stereocenters. The van der Waals surface area contributed by atoms with Gasteiger partial charge in [0.25, 0.3) is 0 Å². The molecule has 0 aliphatic carbocycles. The van der Waals surface area contributed by atoms with Crippen molar-refractivity contribution in [3.63, 3.8) is 0 Å². The molecular formula is C19H22N4O. The Bertz CT molecular complexity index is 849. The SMILES string of the molecule is Nc1cccc(-c2c(CN3CCC(O)CC3)[nH]c3ncccc23)c1. The van der Waals surface area contributed by atoms with Crippen molar-refractivity contribution in [2.24, 2.45) is 0 Å². The number of aliphatic hydroxyl groups excluding tert-OH is 1. The van der Waals surface area contributed by atoms with Gasteiger partial charge in [0, 0.05) is 48.2 Å². The van der Waals surface area contributed by atoms with Crippen LogP contribution < -0.4 is 5.73 Å². The smallest absolute Gasteiger partial charge is 0.138 e. The van der Waals surface area contributed by atoms with E-state index in [-0.39, 0.29) is 6.10 Å². The lowest BCUT2D eigenvalue weighted by Crippen LogP contribution is -2.35. The summed E-state index contributed by atoms with van der Waals surface area (Å²) < 4.78 is 0. The van der Waals surface area contributed by atoms with Crippen molar-refractivity contribution in [2.45, 2.75) is 25.5 Å². The molecule has 124 valence electrons. The summed E-state index contributed by atoms with van der Waals surface area (Å²) in [5.74, 6) is 0. The van der Waals surface area contributed by atoms with Gasteiger partial charge >= 0.3 is 0 Å². The van der Waals surface area contributed by atoms with Gasteiger partial charge in [0.15, 0.2) is 0 Å². The number of likely N-dealkylation sites (tertiary alicyclic amines) is 1. The Labute approximate surface area is 141 Å². The van der Waals surface area contributed by atoms with Gasteiger partial charge in [-0.25, -0.2) is 4.98 Å². The Kier molecular flexibility index (Phi) is 3.96. The minimum Gasteiger partial charge on any atom is -0.399 e. The van der Waals surface area contributed by atoms with E-state index in [0.29, 0.717) is 0 Å². The van der Waals surface area contributed by atoms with Crippen molar-refractivity contribution in [3.8, 4) is 11.1 Å². The van der Waals surface area contributed by atoms with Gasteiger partial charge in [-0.1, -0.05) is 12.1 Å². The lowest BCUT2D eigenvalue weighted by atomic mass is 10.0. The Morgan fingerprint density at radius 3 is 2.83 bits per heavy atom. The van der Waals surface area contributed by atoms with Crippen molar-refractivity contribution < 1.29 is 5.11 Å². The second kappa shape index (κ2) is 6.26. The number of aromatic amines is 1. The van der Waals surface area contributed by atoms with E-state index in [1.165, 1.54) is 5.56 Å². The van der Waals surface area contributed by atoms with Gasteiger partial charge < -0.3 is 15.8 Å². The second-order valence-corrected chi connectivity index (χ2v) is 6.51. The molecule has 5 nitrogen and oxygen atoms in total. The number of aromatic nitrogens is 2. The number of piperidine rings is 1. The molecule has 3 heterocycles. The molecular weight excluding hydrogens is 300 g/mol. The molecule has 0 saturated carbocycles. The van der Waals surface area contributed by atoms with E-state index in [2.05, 4.69) is 27.0 Å². The molecule has 0 amide bonds. The molecule has 24 heavy (non-hydrogen) atoms. The summed E-state index contributed by atoms with van der Waals surface area (Å²) in [6.07, 6.45) is 3.33. The fourth-order valence-corrected chi connectivity index (χ4v) is 3.52. The maximum atomic E-state index is 9.71. The van der Waals surface area contributed by atoms with E-state index in [9.17, 15) is 5.11 Å². The van der Waals surface area contributed by atoms with Gasteiger partial charge in [0.1, 0.15) is 5.65 Å². The molecule has 0 spiro atoms. The van der Waals surface area contributed by atoms with Crippen LogP contribution in [0.2, 0.25) is 0 Å². The zero-order chi connectivity index (χ0) is 16.5. The summed E-state index contributed by atoms with van der Waals surface area (Å²) in [7, 11) is 0. The number of rotatable bonds is 3. The minimum atomic E-state index is -0.154. The number of hydrogen-bond donors (Lipinski definition) is 3. The standard InChI is InChI=1S/C19H22N4O/c20-14-4-1-3-13(11-14)18-16-5-2-8-21-19(16)22-17(18)12-23-9-6-15(24)7-10-23/h1-5,8,11,15,24H,6-7,9-10,12,20H2,(H,21,22). The number of nitrogens with one attached hydrogen (secondary N) is 1. The highest BCUT2D eigenvalue weighted by Gasteiger charge is 2.20. The predicted molar refractivity (Wildman–Crippen MR) is 96.5 cm³/mol. The number of aliphatic hydroxyl groups is 1. The summed E-state index contributed by atoms with van der Waals surface area (Å²) >= 11 is 0. The number of H-pyrrole nitrogens is 1. The van der Waals surface area contributed by atoms with E-state index in [0.717, 1.165) is 60.5 Å². The highest BCUT2D eigenvalue weighted by atomic mass is 16.3. The highest BCUT2D eigenvalue weighted by molar-refractivity contribution is 5.96. The molecule has 1 aromatic carbocycles. The summed E-state index contributed by atoms with van der Waals surface area (Å²) in [5, 5.41) is 10.8. The van der Waals surface area contributed by atoms with Crippen LogP contribution in [-0.4, -0.2) is 39.2 Å². The number of nitrogen functional groups attached to an aromatic ring is 1. The number of fused-ring (bicyclic) bond motifs is 1. The van der Waals surface area contributed by atoms with E-state index >= 15 is 0 Å². The molecule has 1 saturated heterocycles. The van der Waals surface area contributed by atoms with Crippen LogP contribution in [-0.2, 0) is 6.54 Å². The maximum Gasteiger partial charge on any atom is 0.138 e. The van der Waals surface area contributed by atoms with Gasteiger partial charge in [-0.05, 0) is 42.7 Å². The van der Waals surface area contributed by atoms with Gasteiger partial charge in [0.2, 0.25) is 0 Å². The van der Waals surface area contributed by atoms with Crippen molar-refractivity contribution in [3.05, 3.63) is 48.3 Å². The van der Waals surface area contributed by atoms with Crippen molar-refractivity contribution in [1.29, 1.82) is 0 Å². The first-order chi connectivity index (χ1) is 11.7. The van der Waals surface area contributed by atoms with Crippen molar-refractivity contribution >= 4 is 16.7 Å². The first kappa shape index (κ1) is 15.2. The van der Waals surface area contributed by atoms with E-state index in [4.69, 9.17) is 5.73 Å². The molecule has 1 aliphatic rings. The molecule has 1 aliphatic heterocycles. The normalized spacial score (nSPS) is 16.7. The first-order valence-electron chi connectivity index (χ1n) is 8.42. The van der Waals surface area contributed by atoms with Gasteiger partial charge in [0.05, 0.1) is 6.10 Å². The van der Waals surface area contributed by atoms with E-state index < -0.39 is 0 Å². The molecule has 2 aromatic heterocycles. The van der Waals surface area contributed by atoms with Gasteiger partial charge in [-0.3, -0.25) is 4.90 Å². The van der Waals surface area contributed by atoms with Gasteiger partial charge in [-0.2, -0.15) is 0 Å². The third-order valence-electron chi connectivity index (χ3n) is 4.76. The quantitative estimate of drug-likeness (QED) is 0.648. The number of hydrogen-bond acceptors (Lipinski definition) is 4. The number of pyridine rings is 1. The molecule has 0 unspecified atom stereocenters. The average Bonchev–Trinajstić information content (AvgIpc) is 2.95. The van der Waals surface area contributed by atoms with Crippen LogP contribution in [0.1, 0.15) is 18.5 Å².